The van der Waals surface area contributed by atoms with E-state index in [9.17, 15) is 4.79 Å². The standard InChI is InChI=1S/C11H16N3O2/c1-2-16-11(15)9-7-13-10(14-9)8-3-5-12-6-4-8/h7-8H,2-6H2,1H3,(H,13,14). The molecule has 0 amide bonds. The first kappa shape index (κ1) is 11.1. The summed E-state index contributed by atoms with van der Waals surface area (Å²) in [5.74, 6) is 0.934. The third-order valence-corrected chi connectivity index (χ3v) is 2.74. The lowest BCUT2D eigenvalue weighted by atomic mass is 9.98. The number of aromatic amines is 1. The topological polar surface area (TPSA) is 69.1 Å². The predicted octanol–water partition coefficient (Wildman–Crippen LogP) is 1.07. The quantitative estimate of drug-likeness (QED) is 0.778. The lowest BCUT2D eigenvalue weighted by Gasteiger charge is -2.19. The Kier molecular flexibility index (Phi) is 3.56. The van der Waals surface area contributed by atoms with Crippen molar-refractivity contribution in [3.05, 3.63) is 17.7 Å². The first-order valence-electron chi connectivity index (χ1n) is 5.67. The molecule has 0 bridgehead atoms. The zero-order valence-corrected chi connectivity index (χ0v) is 9.40. The molecule has 0 unspecified atom stereocenters. The molecule has 0 atom stereocenters. The largest absolute Gasteiger partial charge is 0.461 e. The summed E-state index contributed by atoms with van der Waals surface area (Å²) in [6.45, 7) is 3.94. The Labute approximate surface area is 94.6 Å². The highest BCUT2D eigenvalue weighted by molar-refractivity contribution is 5.86. The normalized spacial score (nSPS) is 17.3. The van der Waals surface area contributed by atoms with Crippen LogP contribution in [0.25, 0.3) is 0 Å². The number of nitrogens with zero attached hydrogens (tertiary/aromatic N) is 2. The van der Waals surface area contributed by atoms with Crippen LogP contribution in [0, 0.1) is 0 Å². The van der Waals surface area contributed by atoms with Crippen LogP contribution >= 0.6 is 0 Å². The number of nitrogens with one attached hydrogen (secondary N) is 1. The van der Waals surface area contributed by atoms with E-state index in [1.165, 1.54) is 0 Å². The van der Waals surface area contributed by atoms with Crippen molar-refractivity contribution in [1.82, 2.24) is 15.3 Å². The van der Waals surface area contributed by atoms with E-state index in [-0.39, 0.29) is 5.97 Å². The molecule has 1 aliphatic rings. The number of hydrogen-bond acceptors (Lipinski definition) is 3. The Morgan fingerprint density at radius 3 is 3.00 bits per heavy atom. The average molecular weight is 222 g/mol. The van der Waals surface area contributed by atoms with E-state index >= 15 is 0 Å². The Hall–Kier alpha value is -1.36. The van der Waals surface area contributed by atoms with Gasteiger partial charge in [0.15, 0.2) is 5.69 Å². The van der Waals surface area contributed by atoms with Crippen LogP contribution in [0.5, 0.6) is 0 Å². The Morgan fingerprint density at radius 1 is 1.56 bits per heavy atom. The number of H-pyrrole nitrogens is 1. The third-order valence-electron chi connectivity index (χ3n) is 2.74. The van der Waals surface area contributed by atoms with Gasteiger partial charge in [0.2, 0.25) is 0 Å². The highest BCUT2D eigenvalue weighted by Gasteiger charge is 2.20. The van der Waals surface area contributed by atoms with Gasteiger partial charge in [0.25, 0.3) is 0 Å². The van der Waals surface area contributed by atoms with E-state index in [0.717, 1.165) is 31.8 Å². The smallest absolute Gasteiger partial charge is 0.358 e. The fraction of sp³-hybridized carbons (Fsp3) is 0.636. The fourth-order valence-corrected chi connectivity index (χ4v) is 1.88. The van der Waals surface area contributed by atoms with E-state index in [1.807, 2.05) is 0 Å². The van der Waals surface area contributed by atoms with Crippen LogP contribution in [-0.2, 0) is 4.74 Å². The summed E-state index contributed by atoms with van der Waals surface area (Å²) in [5.41, 5.74) is 0.374. The second kappa shape index (κ2) is 5.12. The zero-order chi connectivity index (χ0) is 11.4. The van der Waals surface area contributed by atoms with E-state index in [1.54, 1.807) is 13.1 Å². The van der Waals surface area contributed by atoms with Gasteiger partial charge in [0, 0.05) is 25.2 Å². The molecule has 5 nitrogen and oxygen atoms in total. The number of carbonyl (C=O) groups excluding carboxylic acids is 1. The van der Waals surface area contributed by atoms with Crippen molar-refractivity contribution in [2.45, 2.75) is 25.7 Å². The Morgan fingerprint density at radius 2 is 2.31 bits per heavy atom. The number of imidazole rings is 1. The molecule has 0 aliphatic carbocycles. The van der Waals surface area contributed by atoms with Gasteiger partial charge in [-0.3, -0.25) is 0 Å². The molecule has 16 heavy (non-hydrogen) atoms. The van der Waals surface area contributed by atoms with Gasteiger partial charge in [-0.25, -0.2) is 15.1 Å². The van der Waals surface area contributed by atoms with Gasteiger partial charge in [0.05, 0.1) is 6.61 Å². The van der Waals surface area contributed by atoms with E-state index in [2.05, 4.69) is 15.3 Å². The summed E-state index contributed by atoms with van der Waals surface area (Å²) in [7, 11) is 0. The van der Waals surface area contributed by atoms with Crippen LogP contribution in [0.1, 0.15) is 42.0 Å². The molecule has 0 spiro atoms. The summed E-state index contributed by atoms with van der Waals surface area (Å²) in [6, 6.07) is 0. The van der Waals surface area contributed by atoms with Gasteiger partial charge in [-0.15, -0.1) is 0 Å². The Bertz CT molecular complexity index is 356. The first-order valence-corrected chi connectivity index (χ1v) is 5.67. The predicted molar refractivity (Wildman–Crippen MR) is 58.4 cm³/mol. The minimum absolute atomic E-state index is 0.356. The van der Waals surface area contributed by atoms with E-state index in [4.69, 9.17) is 4.74 Å². The number of rotatable bonds is 3. The third kappa shape index (κ3) is 2.41. The molecule has 1 saturated heterocycles. The van der Waals surface area contributed by atoms with Crippen LogP contribution in [0.2, 0.25) is 0 Å². The van der Waals surface area contributed by atoms with Gasteiger partial charge in [-0.2, -0.15) is 0 Å². The second-order valence-electron chi connectivity index (χ2n) is 3.84. The van der Waals surface area contributed by atoms with Crippen molar-refractivity contribution in [1.29, 1.82) is 0 Å². The molecule has 1 N–H and O–H groups in total. The van der Waals surface area contributed by atoms with Crippen molar-refractivity contribution < 1.29 is 9.53 Å². The average Bonchev–Trinajstić information content (AvgIpc) is 2.80. The molecular formula is C11H16N3O2. The molecule has 0 aromatic carbocycles. The molecule has 1 radical (unpaired) electrons. The molecule has 1 aromatic rings. The molecule has 2 rings (SSSR count). The maximum absolute atomic E-state index is 11.4. The number of esters is 1. The van der Waals surface area contributed by atoms with Crippen LogP contribution in [0.4, 0.5) is 0 Å². The Balaban J connectivity index is 2.03. The molecule has 2 heterocycles. The fourth-order valence-electron chi connectivity index (χ4n) is 1.88. The maximum Gasteiger partial charge on any atom is 0.358 e. The molecule has 5 heteroatoms. The number of carbonyl (C=O) groups is 1. The number of aromatic nitrogens is 2. The lowest BCUT2D eigenvalue weighted by Crippen LogP contribution is -2.21. The highest BCUT2D eigenvalue weighted by atomic mass is 16.5. The van der Waals surface area contributed by atoms with Crippen molar-refractivity contribution in [3.63, 3.8) is 0 Å². The summed E-state index contributed by atoms with van der Waals surface area (Å²) >= 11 is 0. The van der Waals surface area contributed by atoms with E-state index < -0.39 is 0 Å². The van der Waals surface area contributed by atoms with Crippen molar-refractivity contribution in [2.24, 2.45) is 0 Å². The van der Waals surface area contributed by atoms with Gasteiger partial charge in [-0.05, 0) is 19.8 Å². The van der Waals surface area contributed by atoms with Crippen LogP contribution < -0.4 is 5.32 Å². The highest BCUT2D eigenvalue weighted by Crippen LogP contribution is 2.22. The molecule has 1 aliphatic heterocycles. The van der Waals surface area contributed by atoms with Gasteiger partial charge < -0.3 is 9.72 Å². The molecule has 87 valence electrons. The minimum atomic E-state index is -0.356. The van der Waals surface area contributed by atoms with Crippen LogP contribution in [-0.4, -0.2) is 35.6 Å². The molecule has 0 saturated carbocycles. The second-order valence-corrected chi connectivity index (χ2v) is 3.84. The number of piperidine rings is 1. The monoisotopic (exact) mass is 222 g/mol. The zero-order valence-electron chi connectivity index (χ0n) is 9.40. The lowest BCUT2D eigenvalue weighted by molar-refractivity contribution is 0.0520. The van der Waals surface area contributed by atoms with Crippen LogP contribution in [0.15, 0.2) is 6.20 Å². The number of ether oxygens (including phenoxy) is 1. The van der Waals surface area contributed by atoms with Gasteiger partial charge >= 0.3 is 5.97 Å². The first-order chi connectivity index (χ1) is 7.81. The minimum Gasteiger partial charge on any atom is -0.461 e. The molecule has 1 fully saturated rings. The molecule has 1 aromatic heterocycles. The molecular weight excluding hydrogens is 206 g/mol. The van der Waals surface area contributed by atoms with Crippen LogP contribution in [0.3, 0.4) is 0 Å². The summed E-state index contributed by atoms with van der Waals surface area (Å²) < 4.78 is 4.89. The van der Waals surface area contributed by atoms with Crippen molar-refractivity contribution in [3.8, 4) is 0 Å². The number of hydrogen-bond donors (Lipinski definition) is 1. The van der Waals surface area contributed by atoms with Crippen molar-refractivity contribution in [2.75, 3.05) is 19.7 Å². The van der Waals surface area contributed by atoms with Gasteiger partial charge in [0.1, 0.15) is 5.82 Å². The summed E-state index contributed by atoms with van der Waals surface area (Å²) in [5, 5.41) is 4.29. The van der Waals surface area contributed by atoms with Crippen molar-refractivity contribution >= 4 is 5.97 Å². The van der Waals surface area contributed by atoms with E-state index in [0.29, 0.717) is 18.2 Å². The summed E-state index contributed by atoms with van der Waals surface area (Å²) in [6.07, 6.45) is 3.64. The van der Waals surface area contributed by atoms with Gasteiger partial charge in [-0.1, -0.05) is 0 Å². The summed E-state index contributed by atoms with van der Waals surface area (Å²) in [4.78, 5) is 18.8. The maximum atomic E-state index is 11.4. The SMILES string of the molecule is CCOC(=O)c1c[nH]c(C2CC[N]CC2)n1.